The fourth-order valence-electron chi connectivity index (χ4n) is 2.14. The summed E-state index contributed by atoms with van der Waals surface area (Å²) in [6.45, 7) is 1.32. The highest BCUT2D eigenvalue weighted by molar-refractivity contribution is 14.0. The van der Waals surface area contributed by atoms with Crippen molar-refractivity contribution in [1.29, 1.82) is 0 Å². The SMILES string of the molecule is COCc1ccc(CNC(N)=NCc2ccc(OC(F)(F)F)cc2)cc1.I. The highest BCUT2D eigenvalue weighted by Gasteiger charge is 2.30. The first-order chi connectivity index (χ1) is 12.4. The van der Waals surface area contributed by atoms with Gasteiger partial charge in [-0.1, -0.05) is 36.4 Å². The van der Waals surface area contributed by atoms with Crippen molar-refractivity contribution >= 4 is 29.9 Å². The first-order valence-electron chi connectivity index (χ1n) is 7.81. The lowest BCUT2D eigenvalue weighted by Gasteiger charge is -2.09. The zero-order chi connectivity index (χ0) is 19.0. The largest absolute Gasteiger partial charge is 0.573 e. The van der Waals surface area contributed by atoms with Gasteiger partial charge in [-0.25, -0.2) is 4.99 Å². The maximum Gasteiger partial charge on any atom is 0.573 e. The Morgan fingerprint density at radius 1 is 1.00 bits per heavy atom. The van der Waals surface area contributed by atoms with Crippen molar-refractivity contribution in [2.45, 2.75) is 26.1 Å². The van der Waals surface area contributed by atoms with Crippen LogP contribution in [0, 0.1) is 0 Å². The number of guanidine groups is 1. The Balaban J connectivity index is 0.00000364. The molecule has 0 amide bonds. The number of methoxy groups -OCH3 is 1. The Kier molecular flexibility index (Phi) is 9.36. The van der Waals surface area contributed by atoms with E-state index in [1.54, 1.807) is 7.11 Å². The maximum absolute atomic E-state index is 12.1. The molecule has 2 aromatic rings. The molecule has 2 rings (SSSR count). The van der Waals surface area contributed by atoms with Gasteiger partial charge in [0.05, 0.1) is 13.2 Å². The monoisotopic (exact) mass is 495 g/mol. The first kappa shape index (κ1) is 23.0. The van der Waals surface area contributed by atoms with Crippen LogP contribution < -0.4 is 15.8 Å². The van der Waals surface area contributed by atoms with Gasteiger partial charge in [-0.15, -0.1) is 37.1 Å². The van der Waals surface area contributed by atoms with Crippen molar-refractivity contribution in [1.82, 2.24) is 5.32 Å². The topological polar surface area (TPSA) is 68.9 Å². The molecule has 0 radical (unpaired) electrons. The lowest BCUT2D eigenvalue weighted by molar-refractivity contribution is -0.274. The lowest BCUT2D eigenvalue weighted by Crippen LogP contribution is -2.31. The molecule has 0 spiro atoms. The van der Waals surface area contributed by atoms with Crippen molar-refractivity contribution < 1.29 is 22.6 Å². The quantitative estimate of drug-likeness (QED) is 0.347. The second-order valence-corrected chi connectivity index (χ2v) is 5.50. The van der Waals surface area contributed by atoms with Crippen LogP contribution in [-0.4, -0.2) is 19.4 Å². The molecule has 0 aliphatic rings. The first-order valence-corrected chi connectivity index (χ1v) is 7.81. The molecule has 9 heteroatoms. The van der Waals surface area contributed by atoms with Gasteiger partial charge in [0.2, 0.25) is 0 Å². The minimum Gasteiger partial charge on any atom is -0.406 e. The van der Waals surface area contributed by atoms with Gasteiger partial charge in [0.25, 0.3) is 0 Å². The summed E-state index contributed by atoms with van der Waals surface area (Å²) in [5.41, 5.74) is 8.64. The highest BCUT2D eigenvalue weighted by Crippen LogP contribution is 2.22. The lowest BCUT2D eigenvalue weighted by atomic mass is 10.1. The van der Waals surface area contributed by atoms with Crippen LogP contribution in [0.2, 0.25) is 0 Å². The third-order valence-electron chi connectivity index (χ3n) is 3.40. The van der Waals surface area contributed by atoms with Gasteiger partial charge in [-0.3, -0.25) is 0 Å². The van der Waals surface area contributed by atoms with Crippen LogP contribution in [-0.2, 0) is 24.4 Å². The smallest absolute Gasteiger partial charge is 0.406 e. The maximum atomic E-state index is 12.1. The van der Waals surface area contributed by atoms with Crippen LogP contribution in [0.15, 0.2) is 53.5 Å². The zero-order valence-electron chi connectivity index (χ0n) is 14.6. The highest BCUT2D eigenvalue weighted by atomic mass is 127. The van der Waals surface area contributed by atoms with E-state index < -0.39 is 6.36 Å². The molecule has 0 aromatic heterocycles. The molecule has 0 aliphatic carbocycles. The second kappa shape index (κ2) is 11.0. The van der Waals surface area contributed by atoms with Gasteiger partial charge in [0.1, 0.15) is 5.75 Å². The molecular formula is C18H21F3IN3O2. The van der Waals surface area contributed by atoms with E-state index in [-0.39, 0.29) is 42.2 Å². The van der Waals surface area contributed by atoms with Gasteiger partial charge in [-0.05, 0) is 28.8 Å². The molecule has 3 N–H and O–H groups in total. The number of hydrogen-bond acceptors (Lipinski definition) is 3. The number of rotatable bonds is 7. The van der Waals surface area contributed by atoms with E-state index in [0.717, 1.165) is 11.1 Å². The van der Waals surface area contributed by atoms with Crippen molar-refractivity contribution in [3.8, 4) is 5.75 Å². The molecule has 5 nitrogen and oxygen atoms in total. The summed E-state index contributed by atoms with van der Waals surface area (Å²) in [4.78, 5) is 4.16. The fourth-order valence-corrected chi connectivity index (χ4v) is 2.14. The van der Waals surface area contributed by atoms with E-state index in [1.165, 1.54) is 24.3 Å². The second-order valence-electron chi connectivity index (χ2n) is 5.50. The van der Waals surface area contributed by atoms with Crippen LogP contribution in [0.25, 0.3) is 0 Å². The molecule has 148 valence electrons. The Labute approximate surface area is 172 Å². The molecule has 0 saturated heterocycles. The van der Waals surface area contributed by atoms with Gasteiger partial charge >= 0.3 is 6.36 Å². The Morgan fingerprint density at radius 2 is 1.56 bits per heavy atom. The summed E-state index contributed by atoms with van der Waals surface area (Å²) in [5, 5.41) is 2.99. The number of nitrogens with one attached hydrogen (secondary N) is 1. The molecule has 27 heavy (non-hydrogen) atoms. The van der Waals surface area contributed by atoms with Gasteiger partial charge in [-0.2, -0.15) is 0 Å². The van der Waals surface area contributed by atoms with Crippen molar-refractivity contribution in [2.75, 3.05) is 7.11 Å². The molecule has 0 atom stereocenters. The number of ether oxygens (including phenoxy) is 2. The predicted molar refractivity (Wildman–Crippen MR) is 108 cm³/mol. The normalized spacial score (nSPS) is 11.6. The number of halogens is 4. The molecular weight excluding hydrogens is 474 g/mol. The average molecular weight is 495 g/mol. The van der Waals surface area contributed by atoms with E-state index in [2.05, 4.69) is 15.0 Å². The van der Waals surface area contributed by atoms with Crippen LogP contribution in [0.5, 0.6) is 5.75 Å². The third-order valence-corrected chi connectivity index (χ3v) is 3.40. The number of nitrogens with two attached hydrogens (primary N) is 1. The van der Waals surface area contributed by atoms with Crippen molar-refractivity contribution in [3.63, 3.8) is 0 Å². The van der Waals surface area contributed by atoms with E-state index >= 15 is 0 Å². The van der Waals surface area contributed by atoms with Crippen molar-refractivity contribution in [2.24, 2.45) is 10.7 Å². The van der Waals surface area contributed by atoms with Crippen LogP contribution >= 0.6 is 24.0 Å². The van der Waals surface area contributed by atoms with Crippen LogP contribution in [0.3, 0.4) is 0 Å². The number of benzene rings is 2. The van der Waals surface area contributed by atoms with Gasteiger partial charge in [0.15, 0.2) is 5.96 Å². The summed E-state index contributed by atoms with van der Waals surface area (Å²) in [6.07, 6.45) is -4.70. The molecule has 0 aliphatic heterocycles. The molecule has 0 unspecified atom stereocenters. The Hall–Kier alpha value is -2.01. The van der Waals surface area contributed by atoms with Gasteiger partial charge < -0.3 is 20.5 Å². The Bertz CT molecular complexity index is 720. The van der Waals surface area contributed by atoms with E-state index in [4.69, 9.17) is 10.5 Å². The summed E-state index contributed by atoms with van der Waals surface area (Å²) >= 11 is 0. The summed E-state index contributed by atoms with van der Waals surface area (Å²) in [5.74, 6) is -0.0187. The van der Waals surface area contributed by atoms with Crippen LogP contribution in [0.4, 0.5) is 13.2 Å². The predicted octanol–water partition coefficient (Wildman–Crippen LogP) is 3.95. The molecule has 2 aromatic carbocycles. The summed E-state index contributed by atoms with van der Waals surface area (Å²) in [6, 6.07) is 13.4. The van der Waals surface area contributed by atoms with Crippen molar-refractivity contribution in [3.05, 3.63) is 65.2 Å². The van der Waals surface area contributed by atoms with E-state index in [0.29, 0.717) is 18.7 Å². The number of hydrogen-bond donors (Lipinski definition) is 2. The molecule has 0 saturated carbocycles. The Morgan fingerprint density at radius 3 is 2.11 bits per heavy atom. The van der Waals surface area contributed by atoms with E-state index in [9.17, 15) is 13.2 Å². The summed E-state index contributed by atoms with van der Waals surface area (Å²) in [7, 11) is 1.64. The standard InChI is InChI=1S/C18H20F3N3O2.HI/c1-25-12-15-4-2-13(3-5-15)10-23-17(22)24-11-14-6-8-16(9-7-14)26-18(19,20)21;/h2-9H,10-12H2,1H3,(H3,22,23,24);1H. The molecule has 0 fully saturated rings. The average Bonchev–Trinajstić information content (AvgIpc) is 2.59. The molecule has 0 bridgehead atoms. The fraction of sp³-hybridized carbons (Fsp3) is 0.278. The third kappa shape index (κ3) is 8.96. The number of nitrogens with zero attached hydrogens (tertiary/aromatic N) is 1. The minimum absolute atomic E-state index is 0. The van der Waals surface area contributed by atoms with Gasteiger partial charge in [0, 0.05) is 13.7 Å². The zero-order valence-corrected chi connectivity index (χ0v) is 17.0. The van der Waals surface area contributed by atoms with E-state index in [1.807, 2.05) is 24.3 Å². The minimum atomic E-state index is -4.70. The number of alkyl halides is 3. The summed E-state index contributed by atoms with van der Waals surface area (Å²) < 4.78 is 45.2. The molecule has 0 heterocycles. The number of aliphatic imine (C=N–C) groups is 1. The van der Waals surface area contributed by atoms with Crippen LogP contribution in [0.1, 0.15) is 16.7 Å².